The molecule has 0 amide bonds. The van der Waals surface area contributed by atoms with Gasteiger partial charge in [0.25, 0.3) is 0 Å². The van der Waals surface area contributed by atoms with Crippen LogP contribution in [0.5, 0.6) is 0 Å². The number of nitrogens with zero attached hydrogens (tertiary/aromatic N) is 2. The second-order valence-electron chi connectivity index (χ2n) is 18.4. The summed E-state index contributed by atoms with van der Waals surface area (Å²) < 4.78 is 0. The Bertz CT molecular complexity index is 1370. The van der Waals surface area contributed by atoms with E-state index in [4.69, 9.17) is 9.98 Å². The van der Waals surface area contributed by atoms with Crippen molar-refractivity contribution in [3.63, 3.8) is 0 Å². The molecule has 2 aromatic rings. The monoisotopic (exact) mass is 881 g/mol. The van der Waals surface area contributed by atoms with Gasteiger partial charge in [0.05, 0.1) is 23.3 Å². The Balaban J connectivity index is 0.0000186. The van der Waals surface area contributed by atoms with Crippen LogP contribution in [0, 0.1) is 0 Å². The third kappa shape index (κ3) is 30.7. The van der Waals surface area contributed by atoms with Crippen LogP contribution in [-0.4, -0.2) is 11.9 Å². The number of aliphatic imine (C=N–C) groups is 2. The molecule has 0 radical (unpaired) electrons. The Hall–Kier alpha value is -1.99. The summed E-state index contributed by atoms with van der Waals surface area (Å²) in [7, 11) is 0. The van der Waals surface area contributed by atoms with Crippen molar-refractivity contribution in [3.8, 4) is 0 Å². The van der Waals surface area contributed by atoms with Gasteiger partial charge in [-0.2, -0.15) is 0 Å². The smallest absolute Gasteiger partial charge is 0.0816 e. The molecule has 0 heterocycles. The summed E-state index contributed by atoms with van der Waals surface area (Å²) in [6, 6.07) is 14.0. The van der Waals surface area contributed by atoms with Crippen molar-refractivity contribution in [2.45, 2.75) is 272 Å². The summed E-state index contributed by atoms with van der Waals surface area (Å²) in [6.07, 6.45) is 56.2. The van der Waals surface area contributed by atoms with Gasteiger partial charge >= 0.3 is 0 Å². The number of hydrogen-bond acceptors (Lipinski definition) is 2. The van der Waals surface area contributed by atoms with Crippen molar-refractivity contribution in [2.24, 2.45) is 9.98 Å². The SMILES string of the molecule is CCCCCCCCCCCCCCCCCCCCCCC=CC(C=Nc1ccc(CCCCC)c(CCCCC)c1)=Nc1ccc(CCCCC)c(CCCCC)c1.[Ni]. The van der Waals surface area contributed by atoms with Gasteiger partial charge in [0.15, 0.2) is 0 Å². The standard InChI is InChI=1S/C58H98N2.Ni/c1-6-11-16-17-18-19-20-21-22-23-24-25-26-27-28-29-30-31-32-33-34-39-44-58(60-57-48-46-53(41-36-13-8-3)55(50-57)43-38-15-10-5)51-59-56-47-45-52(40-35-12-7-2)54(49-56)42-37-14-9-4;/h39,44-51H,6-38,40-43H2,1-5H3;. The minimum atomic E-state index is 0. The number of unbranched alkanes of at least 4 members (excludes halogenated alkanes) is 28. The van der Waals surface area contributed by atoms with Crippen LogP contribution < -0.4 is 0 Å². The van der Waals surface area contributed by atoms with Crippen molar-refractivity contribution in [1.29, 1.82) is 0 Å². The Morgan fingerprint density at radius 1 is 0.377 bits per heavy atom. The molecule has 350 valence electrons. The van der Waals surface area contributed by atoms with Gasteiger partial charge in [-0.3, -0.25) is 4.99 Å². The molecule has 0 N–H and O–H groups in total. The fourth-order valence-electron chi connectivity index (χ4n) is 8.71. The Labute approximate surface area is 390 Å². The van der Waals surface area contributed by atoms with Crippen LogP contribution in [0.25, 0.3) is 0 Å². The fourth-order valence-corrected chi connectivity index (χ4v) is 8.71. The van der Waals surface area contributed by atoms with Crippen LogP contribution in [0.2, 0.25) is 0 Å². The van der Waals surface area contributed by atoms with Crippen molar-refractivity contribution in [3.05, 3.63) is 70.8 Å². The zero-order valence-corrected chi connectivity index (χ0v) is 42.1. The molecular weight excluding hydrogens is 783 g/mol. The average molecular weight is 882 g/mol. The van der Waals surface area contributed by atoms with E-state index in [1.165, 1.54) is 241 Å². The van der Waals surface area contributed by atoms with Crippen LogP contribution >= 0.6 is 0 Å². The van der Waals surface area contributed by atoms with Gasteiger partial charge in [0.1, 0.15) is 0 Å². The molecule has 0 aliphatic rings. The van der Waals surface area contributed by atoms with Gasteiger partial charge in [0.2, 0.25) is 0 Å². The molecule has 0 aliphatic carbocycles. The number of hydrogen-bond donors (Lipinski definition) is 0. The molecule has 0 aliphatic heterocycles. The number of benzene rings is 2. The molecule has 61 heavy (non-hydrogen) atoms. The molecule has 2 rings (SSSR count). The molecule has 0 atom stereocenters. The molecule has 0 fully saturated rings. The molecule has 0 unspecified atom stereocenters. The van der Waals surface area contributed by atoms with Crippen LogP contribution in [0.1, 0.15) is 269 Å². The minimum Gasteiger partial charge on any atom is -0.255 e. The zero-order chi connectivity index (χ0) is 43.0. The van der Waals surface area contributed by atoms with Gasteiger partial charge in [-0.1, -0.05) is 226 Å². The van der Waals surface area contributed by atoms with Gasteiger partial charge in [-0.15, -0.1) is 0 Å². The first kappa shape index (κ1) is 57.0. The largest absolute Gasteiger partial charge is 0.255 e. The number of aryl methyl sites for hydroxylation is 4. The molecule has 2 nitrogen and oxygen atoms in total. The summed E-state index contributed by atoms with van der Waals surface area (Å²) in [6.45, 7) is 11.5. The molecule has 0 saturated heterocycles. The van der Waals surface area contributed by atoms with Crippen LogP contribution in [0.3, 0.4) is 0 Å². The van der Waals surface area contributed by atoms with E-state index in [-0.39, 0.29) is 16.5 Å². The number of allylic oxidation sites excluding steroid dienone is 2. The minimum absolute atomic E-state index is 0. The first-order valence-corrected chi connectivity index (χ1v) is 26.7. The molecule has 0 bridgehead atoms. The normalized spacial score (nSPS) is 12.0. The number of rotatable bonds is 41. The summed E-state index contributed by atoms with van der Waals surface area (Å²) in [5.74, 6) is 0. The van der Waals surface area contributed by atoms with Crippen LogP contribution in [-0.2, 0) is 42.2 Å². The Kier molecular flexibility index (Phi) is 39.3. The topological polar surface area (TPSA) is 24.7 Å². The summed E-state index contributed by atoms with van der Waals surface area (Å²) >= 11 is 0. The van der Waals surface area contributed by atoms with E-state index < -0.39 is 0 Å². The zero-order valence-electron chi connectivity index (χ0n) is 41.1. The van der Waals surface area contributed by atoms with Crippen molar-refractivity contribution < 1.29 is 16.5 Å². The second kappa shape index (κ2) is 42.0. The average Bonchev–Trinajstić information content (AvgIpc) is 3.26. The molecule has 0 aromatic heterocycles. The maximum atomic E-state index is 5.26. The second-order valence-corrected chi connectivity index (χ2v) is 18.4. The molecule has 2 aromatic carbocycles. The van der Waals surface area contributed by atoms with Crippen molar-refractivity contribution >= 4 is 23.3 Å². The third-order valence-electron chi connectivity index (χ3n) is 12.7. The van der Waals surface area contributed by atoms with Crippen molar-refractivity contribution in [1.82, 2.24) is 0 Å². The van der Waals surface area contributed by atoms with Gasteiger partial charge in [-0.05, 0) is 117 Å². The molecule has 3 heteroatoms. The first-order chi connectivity index (χ1) is 29.6. The summed E-state index contributed by atoms with van der Waals surface area (Å²) in [4.78, 5) is 10.3. The van der Waals surface area contributed by atoms with Crippen molar-refractivity contribution in [2.75, 3.05) is 0 Å². The quantitative estimate of drug-likeness (QED) is 0.0361. The predicted octanol–water partition coefficient (Wildman–Crippen LogP) is 19.9. The summed E-state index contributed by atoms with van der Waals surface area (Å²) in [5, 5.41) is 0. The maximum Gasteiger partial charge on any atom is 0.0816 e. The first-order valence-electron chi connectivity index (χ1n) is 26.7. The summed E-state index contributed by atoms with van der Waals surface area (Å²) in [5.41, 5.74) is 9.13. The third-order valence-corrected chi connectivity index (χ3v) is 12.7. The van der Waals surface area contributed by atoms with Gasteiger partial charge < -0.3 is 0 Å². The molecule has 0 spiro atoms. The van der Waals surface area contributed by atoms with E-state index >= 15 is 0 Å². The maximum absolute atomic E-state index is 5.26. The molecule has 0 saturated carbocycles. The fraction of sp³-hybridized carbons (Fsp3) is 0.724. The van der Waals surface area contributed by atoms with E-state index in [2.05, 4.69) is 83.2 Å². The Morgan fingerprint density at radius 2 is 0.705 bits per heavy atom. The van der Waals surface area contributed by atoms with Gasteiger partial charge in [-0.25, -0.2) is 4.99 Å². The van der Waals surface area contributed by atoms with E-state index in [0.29, 0.717) is 0 Å². The van der Waals surface area contributed by atoms with Crippen LogP contribution in [0.4, 0.5) is 11.4 Å². The molecular formula is C58H98N2Ni. The predicted molar refractivity (Wildman–Crippen MR) is 273 cm³/mol. The van der Waals surface area contributed by atoms with E-state index in [9.17, 15) is 0 Å². The Morgan fingerprint density at radius 3 is 1.11 bits per heavy atom. The van der Waals surface area contributed by atoms with Gasteiger partial charge in [0, 0.05) is 16.5 Å². The van der Waals surface area contributed by atoms with E-state index in [1.807, 2.05) is 6.21 Å². The van der Waals surface area contributed by atoms with Crippen LogP contribution in [0.15, 0.2) is 58.5 Å². The van der Waals surface area contributed by atoms with E-state index in [1.54, 1.807) is 0 Å². The van der Waals surface area contributed by atoms with E-state index in [0.717, 1.165) is 36.3 Å².